The number of hydrogen-bond donors (Lipinski definition) is 0. The van der Waals surface area contributed by atoms with Gasteiger partial charge in [-0.05, 0) is 32.4 Å². The molecule has 0 atom stereocenters. The first kappa shape index (κ1) is 13.1. The van der Waals surface area contributed by atoms with Crippen molar-refractivity contribution in [2.24, 2.45) is 0 Å². The minimum atomic E-state index is -1.81. The van der Waals surface area contributed by atoms with Gasteiger partial charge in [0.25, 0.3) is 0 Å². The van der Waals surface area contributed by atoms with Crippen LogP contribution in [0, 0.1) is 0 Å². The van der Waals surface area contributed by atoms with Gasteiger partial charge in [-0.1, -0.05) is 0 Å². The zero-order valence-electron chi connectivity index (χ0n) is 9.26. The Morgan fingerprint density at radius 1 is 1.08 bits per heavy atom. The van der Waals surface area contributed by atoms with Crippen molar-refractivity contribution in [2.75, 3.05) is 27.4 Å². The molecule has 0 aromatic rings. The van der Waals surface area contributed by atoms with Crippen molar-refractivity contribution in [3.63, 3.8) is 0 Å². The largest absolute Gasteiger partial charge is 0.398 e. The van der Waals surface area contributed by atoms with Crippen LogP contribution in [0.1, 0.15) is 19.8 Å². The van der Waals surface area contributed by atoms with Crippen molar-refractivity contribution in [3.8, 4) is 0 Å². The van der Waals surface area contributed by atoms with E-state index in [4.69, 9.17) is 13.6 Å². The molecule has 0 aliphatic heterocycles. The maximum Gasteiger partial charge on any atom is 0.334 e. The van der Waals surface area contributed by atoms with Gasteiger partial charge in [0.2, 0.25) is 0 Å². The quantitative estimate of drug-likeness (QED) is 0.450. The van der Waals surface area contributed by atoms with Crippen LogP contribution in [0.4, 0.5) is 0 Å². The van der Waals surface area contributed by atoms with Crippen molar-refractivity contribution in [2.45, 2.75) is 32.4 Å². The molecule has 0 aliphatic rings. The highest BCUT2D eigenvalue weighted by molar-refractivity contribution is 6.65. The van der Waals surface area contributed by atoms with Crippen LogP contribution in [0.25, 0.3) is 0 Å². The van der Waals surface area contributed by atoms with Crippen LogP contribution in [0.5, 0.6) is 0 Å². The Morgan fingerprint density at radius 2 is 1.69 bits per heavy atom. The second-order valence-electron chi connectivity index (χ2n) is 3.20. The topological polar surface area (TPSA) is 27.7 Å². The predicted molar refractivity (Wildman–Crippen MR) is 56.2 cm³/mol. The summed E-state index contributed by atoms with van der Waals surface area (Å²) in [4.78, 5) is 0. The van der Waals surface area contributed by atoms with Gasteiger partial charge < -0.3 is 13.6 Å². The molecule has 0 heterocycles. The Balaban J connectivity index is 3.39. The van der Waals surface area contributed by atoms with Crippen molar-refractivity contribution < 1.29 is 13.6 Å². The van der Waals surface area contributed by atoms with Crippen LogP contribution < -0.4 is 0 Å². The molecular formula is C9H22O3Si. The van der Waals surface area contributed by atoms with Gasteiger partial charge in [0.1, 0.15) is 0 Å². The van der Waals surface area contributed by atoms with E-state index in [2.05, 4.69) is 6.55 Å². The molecule has 0 aliphatic carbocycles. The lowest BCUT2D eigenvalue weighted by atomic mass is 10.4. The Labute approximate surface area is 82.6 Å². The smallest absolute Gasteiger partial charge is 0.334 e. The monoisotopic (exact) mass is 206 g/mol. The van der Waals surface area contributed by atoms with Gasteiger partial charge in [-0.3, -0.25) is 0 Å². The highest BCUT2D eigenvalue weighted by Gasteiger charge is 2.27. The number of unbranched alkanes of at least 4 members (excludes halogenated alkanes) is 1. The molecule has 0 N–H and O–H groups in total. The first-order valence-electron chi connectivity index (χ1n) is 4.86. The van der Waals surface area contributed by atoms with E-state index in [0.717, 1.165) is 32.1 Å². The van der Waals surface area contributed by atoms with Crippen LogP contribution in [-0.2, 0) is 13.6 Å². The van der Waals surface area contributed by atoms with Crippen molar-refractivity contribution in [3.05, 3.63) is 0 Å². The fourth-order valence-electron chi connectivity index (χ4n) is 1.08. The molecule has 0 saturated heterocycles. The zero-order chi connectivity index (χ0) is 10.2. The van der Waals surface area contributed by atoms with E-state index in [-0.39, 0.29) is 0 Å². The lowest BCUT2D eigenvalue weighted by Gasteiger charge is -2.22. The average Bonchev–Trinajstić information content (AvgIpc) is 2.17. The molecule has 4 heteroatoms. The first-order chi connectivity index (χ1) is 6.18. The van der Waals surface area contributed by atoms with Crippen LogP contribution in [-0.4, -0.2) is 36.0 Å². The molecule has 0 fully saturated rings. The summed E-state index contributed by atoms with van der Waals surface area (Å²) in [6, 6.07) is 1.05. The molecule has 0 radical (unpaired) electrons. The van der Waals surface area contributed by atoms with Crippen molar-refractivity contribution in [1.29, 1.82) is 0 Å². The Morgan fingerprint density at radius 3 is 2.15 bits per heavy atom. The van der Waals surface area contributed by atoms with E-state index in [1.54, 1.807) is 14.2 Å². The highest BCUT2D eigenvalue weighted by Crippen LogP contribution is 2.14. The summed E-state index contributed by atoms with van der Waals surface area (Å²) >= 11 is 0. The molecule has 0 saturated carbocycles. The minimum Gasteiger partial charge on any atom is -0.398 e. The summed E-state index contributed by atoms with van der Waals surface area (Å²) < 4.78 is 16.0. The Hall–Kier alpha value is 0.0969. The predicted octanol–water partition coefficient (Wildman–Crippen LogP) is 2.17. The molecule has 0 spiro atoms. The van der Waals surface area contributed by atoms with E-state index in [1.165, 1.54) is 0 Å². The summed E-state index contributed by atoms with van der Waals surface area (Å²) in [6.07, 6.45) is 2.23. The number of ether oxygens (including phenoxy) is 1. The van der Waals surface area contributed by atoms with Crippen LogP contribution in [0.3, 0.4) is 0 Å². The minimum absolute atomic E-state index is 0.809. The third-order valence-electron chi connectivity index (χ3n) is 2.24. The highest BCUT2D eigenvalue weighted by atomic mass is 28.4. The Bertz CT molecular complexity index is 115. The molecule has 0 aromatic carbocycles. The fourth-order valence-corrected chi connectivity index (χ4v) is 2.55. The second kappa shape index (κ2) is 7.50. The molecule has 0 rings (SSSR count). The summed E-state index contributed by atoms with van der Waals surface area (Å²) in [7, 11) is 1.66. The zero-order valence-corrected chi connectivity index (χ0v) is 10.3. The molecule has 0 aromatic heterocycles. The SMILES string of the molecule is CCOCCCC[Si](C)(OC)OC. The third-order valence-corrected chi connectivity index (χ3v) is 5.23. The van der Waals surface area contributed by atoms with E-state index < -0.39 is 8.56 Å². The second-order valence-corrected chi connectivity index (χ2v) is 6.78. The molecule has 0 amide bonds. The summed E-state index contributed by atoms with van der Waals surface area (Å²) in [6.45, 7) is 5.77. The van der Waals surface area contributed by atoms with Gasteiger partial charge in [0, 0.05) is 27.4 Å². The van der Waals surface area contributed by atoms with Gasteiger partial charge in [-0.2, -0.15) is 0 Å². The number of rotatable bonds is 8. The fraction of sp³-hybridized carbons (Fsp3) is 1.00. The van der Waals surface area contributed by atoms with E-state index in [0.29, 0.717) is 0 Å². The maximum absolute atomic E-state index is 5.37. The van der Waals surface area contributed by atoms with Crippen molar-refractivity contribution in [1.82, 2.24) is 0 Å². The third kappa shape index (κ3) is 6.21. The van der Waals surface area contributed by atoms with Gasteiger partial charge in [0.05, 0.1) is 0 Å². The average molecular weight is 206 g/mol. The molecule has 3 nitrogen and oxygen atoms in total. The van der Waals surface area contributed by atoms with Crippen LogP contribution in [0.15, 0.2) is 0 Å². The van der Waals surface area contributed by atoms with Gasteiger partial charge in [-0.15, -0.1) is 0 Å². The first-order valence-corrected chi connectivity index (χ1v) is 7.39. The van der Waals surface area contributed by atoms with Crippen molar-refractivity contribution >= 4 is 8.56 Å². The lowest BCUT2D eigenvalue weighted by molar-refractivity contribution is 0.143. The van der Waals surface area contributed by atoms with Crippen LogP contribution in [0.2, 0.25) is 12.6 Å². The van der Waals surface area contributed by atoms with E-state index in [1.807, 2.05) is 6.92 Å². The molecular weight excluding hydrogens is 184 g/mol. The summed E-state index contributed by atoms with van der Waals surface area (Å²) in [5, 5.41) is 0. The van der Waals surface area contributed by atoms with Crippen LogP contribution >= 0.6 is 0 Å². The lowest BCUT2D eigenvalue weighted by Crippen LogP contribution is -2.35. The van der Waals surface area contributed by atoms with E-state index in [9.17, 15) is 0 Å². The summed E-state index contributed by atoms with van der Waals surface area (Å²) in [5.74, 6) is 0. The molecule has 13 heavy (non-hydrogen) atoms. The summed E-state index contributed by atoms with van der Waals surface area (Å²) in [5.41, 5.74) is 0. The maximum atomic E-state index is 5.37. The number of hydrogen-bond acceptors (Lipinski definition) is 3. The molecule has 0 bridgehead atoms. The van der Waals surface area contributed by atoms with E-state index >= 15 is 0 Å². The Kier molecular flexibility index (Phi) is 7.55. The molecule has 0 unspecified atom stereocenters. The normalized spacial score (nSPS) is 12.0. The van der Waals surface area contributed by atoms with Gasteiger partial charge in [-0.25, -0.2) is 0 Å². The standard InChI is InChI=1S/C9H22O3Si/c1-5-12-8-6-7-9-13(4,10-2)11-3/h5-9H2,1-4H3. The molecule has 80 valence electrons. The van der Waals surface area contributed by atoms with Gasteiger partial charge in [0.15, 0.2) is 0 Å². The van der Waals surface area contributed by atoms with Gasteiger partial charge >= 0.3 is 8.56 Å².